The number of hydrazone groups is 1. The van der Waals surface area contributed by atoms with E-state index in [1.807, 2.05) is 0 Å². The molecule has 0 aliphatic rings. The van der Waals surface area contributed by atoms with Crippen LogP contribution in [0.4, 0.5) is 5.69 Å². The average Bonchev–Trinajstić information content (AvgIpc) is 2.55. The van der Waals surface area contributed by atoms with Crippen LogP contribution in [0.2, 0.25) is 10.0 Å². The van der Waals surface area contributed by atoms with E-state index in [-0.39, 0.29) is 11.4 Å². The Hall–Kier alpha value is -2.16. The highest BCUT2D eigenvalue weighted by Crippen LogP contribution is 2.20. The zero-order valence-corrected chi connectivity index (χ0v) is 15.4. The van der Waals surface area contributed by atoms with Gasteiger partial charge in [-0.2, -0.15) is 5.10 Å². The monoisotopic (exact) mass is 400 g/mol. The van der Waals surface area contributed by atoms with Crippen LogP contribution < -0.4 is 10.7 Å². The van der Waals surface area contributed by atoms with Crippen molar-refractivity contribution in [2.75, 3.05) is 18.1 Å². The van der Waals surface area contributed by atoms with Crippen LogP contribution in [0.3, 0.4) is 0 Å². The van der Waals surface area contributed by atoms with Gasteiger partial charge in [-0.1, -0.05) is 29.3 Å². The Morgan fingerprint density at radius 2 is 1.96 bits per heavy atom. The zero-order chi connectivity index (χ0) is 18.4. The highest BCUT2D eigenvalue weighted by atomic mass is 35.5. The molecule has 2 rings (SSSR count). The van der Waals surface area contributed by atoms with Gasteiger partial charge in [0.05, 0.1) is 27.7 Å². The quantitative estimate of drug-likeness (QED) is 0.572. The summed E-state index contributed by atoms with van der Waals surface area (Å²) in [6, 6.07) is 6.17. The molecule has 1 aromatic heterocycles. The Bertz CT molecular complexity index is 896. The van der Waals surface area contributed by atoms with Gasteiger partial charge >= 0.3 is 0 Å². The van der Waals surface area contributed by atoms with E-state index in [0.717, 1.165) is 6.26 Å². The lowest BCUT2D eigenvalue weighted by atomic mass is 10.3. The molecule has 0 aliphatic heterocycles. The first-order valence-electron chi connectivity index (χ1n) is 6.92. The predicted molar refractivity (Wildman–Crippen MR) is 98.0 cm³/mol. The fourth-order valence-electron chi connectivity index (χ4n) is 1.77. The minimum atomic E-state index is -3.31. The van der Waals surface area contributed by atoms with Crippen molar-refractivity contribution in [1.82, 2.24) is 10.4 Å². The van der Waals surface area contributed by atoms with Crippen molar-refractivity contribution in [1.29, 1.82) is 0 Å². The Kier molecular flexibility index (Phi) is 6.35. The Balaban J connectivity index is 1.92. The molecule has 0 saturated heterocycles. The first-order chi connectivity index (χ1) is 11.8. The van der Waals surface area contributed by atoms with Gasteiger partial charge in [-0.25, -0.2) is 13.8 Å². The van der Waals surface area contributed by atoms with Crippen molar-refractivity contribution < 1.29 is 13.2 Å². The minimum absolute atomic E-state index is 0.0949. The van der Waals surface area contributed by atoms with Crippen molar-refractivity contribution in [2.24, 2.45) is 5.10 Å². The lowest BCUT2D eigenvalue weighted by Crippen LogP contribution is -2.26. The van der Waals surface area contributed by atoms with Crippen molar-refractivity contribution in [3.8, 4) is 0 Å². The van der Waals surface area contributed by atoms with Gasteiger partial charge in [0, 0.05) is 29.9 Å². The van der Waals surface area contributed by atoms with Gasteiger partial charge in [0.1, 0.15) is 0 Å². The molecule has 0 saturated carbocycles. The second kappa shape index (κ2) is 8.28. The van der Waals surface area contributed by atoms with Crippen molar-refractivity contribution in [3.63, 3.8) is 0 Å². The van der Waals surface area contributed by atoms with Gasteiger partial charge in [-0.3, -0.25) is 9.78 Å². The lowest BCUT2D eigenvalue weighted by molar-refractivity contribution is -0.119. The normalized spacial score (nSPS) is 11.5. The molecular weight excluding hydrogens is 387 g/mol. The van der Waals surface area contributed by atoms with E-state index in [9.17, 15) is 13.2 Å². The Morgan fingerprint density at radius 3 is 2.60 bits per heavy atom. The fraction of sp³-hybridized carbons (Fsp3) is 0.133. The highest BCUT2D eigenvalue weighted by molar-refractivity contribution is 7.90. The molecule has 0 unspecified atom stereocenters. The number of amides is 1. The molecule has 1 aromatic carbocycles. The van der Waals surface area contributed by atoms with Crippen LogP contribution in [-0.4, -0.2) is 38.3 Å². The molecule has 0 bridgehead atoms. The number of nitrogens with zero attached hydrogens (tertiary/aromatic N) is 2. The molecule has 0 fully saturated rings. The van der Waals surface area contributed by atoms with E-state index in [1.54, 1.807) is 12.1 Å². The number of carbonyl (C=O) groups is 1. The fourth-order valence-corrected chi connectivity index (χ4v) is 2.90. The van der Waals surface area contributed by atoms with E-state index in [0.29, 0.717) is 21.3 Å². The van der Waals surface area contributed by atoms with Crippen LogP contribution in [0.5, 0.6) is 0 Å². The number of benzene rings is 1. The summed E-state index contributed by atoms with van der Waals surface area (Å²) in [5.74, 6) is -0.428. The number of aromatic nitrogens is 1. The maximum Gasteiger partial charge on any atom is 0.259 e. The van der Waals surface area contributed by atoms with Crippen LogP contribution >= 0.6 is 23.2 Å². The summed E-state index contributed by atoms with van der Waals surface area (Å²) in [7, 11) is -3.31. The maximum absolute atomic E-state index is 11.8. The van der Waals surface area contributed by atoms with Crippen LogP contribution in [0.1, 0.15) is 5.56 Å². The number of anilines is 1. The number of pyridine rings is 1. The van der Waals surface area contributed by atoms with Crippen LogP contribution in [0, 0.1) is 0 Å². The molecule has 10 heteroatoms. The van der Waals surface area contributed by atoms with E-state index in [1.165, 1.54) is 30.7 Å². The van der Waals surface area contributed by atoms with Gasteiger partial charge in [0.15, 0.2) is 9.84 Å². The third kappa shape index (κ3) is 5.70. The summed E-state index contributed by atoms with van der Waals surface area (Å²) in [6.45, 7) is -0.0949. The molecule has 0 aliphatic carbocycles. The van der Waals surface area contributed by atoms with E-state index in [4.69, 9.17) is 23.2 Å². The molecule has 0 atom stereocenters. The van der Waals surface area contributed by atoms with E-state index < -0.39 is 15.7 Å². The highest BCUT2D eigenvalue weighted by Gasteiger charge is 2.08. The number of sulfone groups is 1. The van der Waals surface area contributed by atoms with Crippen LogP contribution in [0.15, 0.2) is 46.7 Å². The van der Waals surface area contributed by atoms with Gasteiger partial charge in [-0.05, 0) is 18.2 Å². The van der Waals surface area contributed by atoms with Gasteiger partial charge < -0.3 is 5.32 Å². The predicted octanol–water partition coefficient (Wildman–Crippen LogP) is 2.35. The van der Waals surface area contributed by atoms with Crippen molar-refractivity contribution in [3.05, 3.63) is 52.3 Å². The Labute approximate surface area is 155 Å². The molecule has 25 heavy (non-hydrogen) atoms. The summed E-state index contributed by atoms with van der Waals surface area (Å²) >= 11 is 11.9. The molecule has 0 radical (unpaired) electrons. The number of halogens is 2. The summed E-state index contributed by atoms with van der Waals surface area (Å²) in [4.78, 5) is 15.7. The molecule has 1 heterocycles. The third-order valence-electron chi connectivity index (χ3n) is 2.99. The van der Waals surface area contributed by atoms with Gasteiger partial charge in [0.2, 0.25) is 0 Å². The average molecular weight is 401 g/mol. The van der Waals surface area contributed by atoms with Crippen LogP contribution in [0.25, 0.3) is 0 Å². The molecule has 7 nitrogen and oxygen atoms in total. The summed E-state index contributed by atoms with van der Waals surface area (Å²) in [5, 5.41) is 7.20. The van der Waals surface area contributed by atoms with E-state index >= 15 is 0 Å². The first-order valence-corrected chi connectivity index (χ1v) is 9.57. The number of nitrogens with one attached hydrogen (secondary N) is 2. The topological polar surface area (TPSA) is 101 Å². The SMILES string of the molecule is CS(=O)(=O)c1cccc(NCC(=O)NN=Cc2c(Cl)cncc2Cl)c1. The maximum atomic E-state index is 11.8. The third-order valence-corrected chi connectivity index (χ3v) is 4.70. The zero-order valence-electron chi connectivity index (χ0n) is 13.0. The molecule has 2 N–H and O–H groups in total. The smallest absolute Gasteiger partial charge is 0.259 e. The molecule has 1 amide bonds. The number of carbonyl (C=O) groups excluding carboxylic acids is 1. The number of rotatable bonds is 6. The molecule has 132 valence electrons. The summed E-state index contributed by atoms with van der Waals surface area (Å²) in [6.07, 6.45) is 5.25. The van der Waals surface area contributed by atoms with Gasteiger partial charge in [0.25, 0.3) is 5.91 Å². The molecule has 2 aromatic rings. The minimum Gasteiger partial charge on any atom is -0.376 e. The largest absolute Gasteiger partial charge is 0.376 e. The van der Waals surface area contributed by atoms with E-state index in [2.05, 4.69) is 20.8 Å². The lowest BCUT2D eigenvalue weighted by Gasteiger charge is -2.07. The van der Waals surface area contributed by atoms with Crippen LogP contribution in [-0.2, 0) is 14.6 Å². The molecular formula is C15H14Cl2N4O3S. The van der Waals surface area contributed by atoms with Crippen molar-refractivity contribution in [2.45, 2.75) is 4.90 Å². The van der Waals surface area contributed by atoms with Crippen molar-refractivity contribution >= 4 is 50.8 Å². The first kappa shape index (κ1) is 19.2. The second-order valence-electron chi connectivity index (χ2n) is 4.96. The standard InChI is InChI=1S/C15H14Cl2N4O3S/c1-25(23,24)11-4-2-3-10(5-11)19-9-15(22)21-20-6-12-13(16)7-18-8-14(12)17/h2-8,19H,9H2,1H3,(H,21,22). The summed E-state index contributed by atoms with van der Waals surface area (Å²) < 4.78 is 23.0. The van der Waals surface area contributed by atoms with Gasteiger partial charge in [-0.15, -0.1) is 0 Å². The number of hydrogen-bond acceptors (Lipinski definition) is 6. The second-order valence-corrected chi connectivity index (χ2v) is 7.79. The Morgan fingerprint density at radius 1 is 1.28 bits per heavy atom. The number of hydrogen-bond donors (Lipinski definition) is 2. The molecule has 0 spiro atoms. The summed E-state index contributed by atoms with van der Waals surface area (Å²) in [5.41, 5.74) is 3.25.